The summed E-state index contributed by atoms with van der Waals surface area (Å²) in [7, 11) is 0. The molecule has 0 fully saturated rings. The van der Waals surface area contributed by atoms with Crippen LogP contribution in [0.5, 0.6) is 0 Å². The maximum atomic E-state index is 12.5. The third-order valence-corrected chi connectivity index (χ3v) is 6.57. The Bertz CT molecular complexity index is 1140. The molecule has 0 heterocycles. The lowest BCUT2D eigenvalue weighted by Gasteiger charge is -2.23. The fourth-order valence-electron chi connectivity index (χ4n) is 4.91. The number of carboxylic acids is 1. The number of anilines is 1. The Morgan fingerprint density at radius 3 is 2.06 bits per heavy atom. The number of aliphatic carboxylic acids is 1. The van der Waals surface area contributed by atoms with Gasteiger partial charge in [0, 0.05) is 11.6 Å². The maximum Gasteiger partial charge on any atom is 0.411 e. The van der Waals surface area contributed by atoms with Gasteiger partial charge in [0.15, 0.2) is 0 Å². The molecular formula is C29H31NO4. The van der Waals surface area contributed by atoms with Gasteiger partial charge in [-0.15, -0.1) is 0 Å². The van der Waals surface area contributed by atoms with Crippen molar-refractivity contribution < 1.29 is 19.4 Å². The van der Waals surface area contributed by atoms with Crippen molar-refractivity contribution in [2.45, 2.75) is 39.5 Å². The van der Waals surface area contributed by atoms with Gasteiger partial charge in [0.2, 0.25) is 0 Å². The van der Waals surface area contributed by atoms with Gasteiger partial charge in [-0.3, -0.25) is 10.1 Å². The molecule has 1 amide bonds. The van der Waals surface area contributed by atoms with Gasteiger partial charge >= 0.3 is 12.1 Å². The van der Waals surface area contributed by atoms with Gasteiger partial charge in [-0.05, 0) is 72.6 Å². The predicted octanol–water partition coefficient (Wildman–Crippen LogP) is 6.73. The van der Waals surface area contributed by atoms with Gasteiger partial charge in [-0.25, -0.2) is 4.79 Å². The quantitative estimate of drug-likeness (QED) is 0.393. The fourth-order valence-corrected chi connectivity index (χ4v) is 4.91. The smallest absolute Gasteiger partial charge is 0.411 e. The number of nitrogens with one attached hydrogen (secondary N) is 1. The van der Waals surface area contributed by atoms with Crippen molar-refractivity contribution in [3.05, 3.63) is 89.5 Å². The molecule has 34 heavy (non-hydrogen) atoms. The summed E-state index contributed by atoms with van der Waals surface area (Å²) in [6, 6.07) is 24.1. The molecule has 0 bridgehead atoms. The van der Waals surface area contributed by atoms with Crippen LogP contribution in [-0.2, 0) is 16.0 Å². The van der Waals surface area contributed by atoms with Crippen molar-refractivity contribution in [1.29, 1.82) is 0 Å². The van der Waals surface area contributed by atoms with Crippen LogP contribution in [-0.4, -0.2) is 23.8 Å². The van der Waals surface area contributed by atoms with Crippen LogP contribution in [0, 0.1) is 11.3 Å². The van der Waals surface area contributed by atoms with Gasteiger partial charge < -0.3 is 9.84 Å². The van der Waals surface area contributed by atoms with E-state index in [0.29, 0.717) is 12.1 Å². The minimum atomic E-state index is -0.776. The lowest BCUT2D eigenvalue weighted by atomic mass is 9.81. The first-order valence-corrected chi connectivity index (χ1v) is 11.7. The Labute approximate surface area is 200 Å². The average Bonchev–Trinajstić information content (AvgIpc) is 3.12. The Balaban J connectivity index is 1.32. The number of amides is 1. The summed E-state index contributed by atoms with van der Waals surface area (Å²) in [4.78, 5) is 23.9. The molecule has 1 atom stereocenters. The number of carbonyl (C=O) groups excluding carboxylic acids is 1. The van der Waals surface area contributed by atoms with Crippen LogP contribution < -0.4 is 5.32 Å². The first kappa shape index (κ1) is 23.6. The highest BCUT2D eigenvalue weighted by Gasteiger charge is 2.30. The van der Waals surface area contributed by atoms with E-state index in [9.17, 15) is 14.7 Å². The monoisotopic (exact) mass is 457 g/mol. The van der Waals surface area contributed by atoms with Crippen molar-refractivity contribution in [2.75, 3.05) is 11.9 Å². The summed E-state index contributed by atoms with van der Waals surface area (Å²) in [5.41, 5.74) is 5.78. The molecule has 0 aliphatic heterocycles. The van der Waals surface area contributed by atoms with E-state index in [-0.39, 0.29) is 18.4 Å². The number of carbonyl (C=O) groups is 2. The van der Waals surface area contributed by atoms with Crippen LogP contribution in [0.15, 0.2) is 72.8 Å². The molecule has 0 saturated heterocycles. The van der Waals surface area contributed by atoms with Crippen molar-refractivity contribution in [3.63, 3.8) is 0 Å². The molecule has 1 aliphatic carbocycles. The largest absolute Gasteiger partial charge is 0.481 e. The summed E-state index contributed by atoms with van der Waals surface area (Å²) in [6.07, 6.45) is 0.899. The molecule has 3 aromatic carbocycles. The van der Waals surface area contributed by atoms with Crippen LogP contribution in [0.3, 0.4) is 0 Å². The third-order valence-electron chi connectivity index (χ3n) is 6.57. The summed E-state index contributed by atoms with van der Waals surface area (Å²) >= 11 is 0. The second-order valence-corrected chi connectivity index (χ2v) is 9.85. The van der Waals surface area contributed by atoms with Crippen molar-refractivity contribution >= 4 is 17.7 Å². The normalized spacial score (nSPS) is 13.6. The summed E-state index contributed by atoms with van der Waals surface area (Å²) in [5.74, 6) is -0.522. The van der Waals surface area contributed by atoms with E-state index in [1.54, 1.807) is 13.8 Å². The second kappa shape index (κ2) is 9.72. The molecule has 0 spiro atoms. The van der Waals surface area contributed by atoms with Crippen molar-refractivity contribution in [2.24, 2.45) is 11.3 Å². The standard InChI is InChI=1S/C29H31NO4/c1-19(17-29(2,3)27(31)32)16-20-12-14-21(15-13-20)30-28(33)34-18-26-24-10-6-4-8-22(24)23-9-5-7-11-25(23)26/h4-15,19,26H,16-18H2,1-3H3,(H,30,33)(H,31,32)/t19-/m0/s1. The van der Waals surface area contributed by atoms with Gasteiger partial charge in [-0.2, -0.15) is 0 Å². The maximum absolute atomic E-state index is 12.5. The molecule has 3 aromatic rings. The Morgan fingerprint density at radius 2 is 1.50 bits per heavy atom. The number of carboxylic acid groups (broad SMARTS) is 1. The third kappa shape index (κ3) is 5.14. The zero-order valence-electron chi connectivity index (χ0n) is 19.9. The van der Waals surface area contributed by atoms with Gasteiger partial charge in [0.25, 0.3) is 0 Å². The van der Waals surface area contributed by atoms with E-state index in [4.69, 9.17) is 4.74 Å². The Kier molecular flexibility index (Phi) is 6.73. The zero-order valence-corrected chi connectivity index (χ0v) is 19.9. The van der Waals surface area contributed by atoms with E-state index < -0.39 is 17.5 Å². The predicted molar refractivity (Wildman–Crippen MR) is 134 cm³/mol. The first-order valence-electron chi connectivity index (χ1n) is 11.7. The molecule has 176 valence electrons. The van der Waals surface area contributed by atoms with Crippen LogP contribution in [0.1, 0.15) is 49.8 Å². The summed E-state index contributed by atoms with van der Waals surface area (Å²) < 4.78 is 5.61. The first-order chi connectivity index (χ1) is 16.2. The van der Waals surface area contributed by atoms with E-state index >= 15 is 0 Å². The highest BCUT2D eigenvalue weighted by atomic mass is 16.5. The molecule has 2 N–H and O–H groups in total. The van der Waals surface area contributed by atoms with Crippen molar-refractivity contribution in [1.82, 2.24) is 0 Å². The second-order valence-electron chi connectivity index (χ2n) is 9.85. The molecule has 0 saturated carbocycles. The van der Waals surface area contributed by atoms with Gasteiger partial charge in [0.1, 0.15) is 6.61 Å². The molecule has 0 unspecified atom stereocenters. The minimum absolute atomic E-state index is 0.0251. The highest BCUT2D eigenvalue weighted by Crippen LogP contribution is 2.44. The summed E-state index contributed by atoms with van der Waals surface area (Å²) in [6.45, 7) is 5.85. The number of benzene rings is 3. The van der Waals surface area contributed by atoms with E-state index in [2.05, 4.69) is 36.5 Å². The van der Waals surface area contributed by atoms with E-state index in [1.807, 2.05) is 48.5 Å². The number of hydrogen-bond donors (Lipinski definition) is 2. The Morgan fingerprint density at radius 1 is 0.941 bits per heavy atom. The molecule has 0 aromatic heterocycles. The lowest BCUT2D eigenvalue weighted by Crippen LogP contribution is -2.26. The molecular weight excluding hydrogens is 426 g/mol. The summed E-state index contributed by atoms with van der Waals surface area (Å²) in [5, 5.41) is 12.1. The number of fused-ring (bicyclic) bond motifs is 3. The molecule has 5 heteroatoms. The molecule has 1 aliphatic rings. The Hall–Kier alpha value is -3.60. The SMILES string of the molecule is C[C@@H](Cc1ccc(NC(=O)OCC2c3ccccc3-c3ccccc32)cc1)CC(C)(C)C(=O)O. The van der Waals surface area contributed by atoms with E-state index in [1.165, 1.54) is 22.3 Å². The lowest BCUT2D eigenvalue weighted by molar-refractivity contribution is -0.147. The number of rotatable bonds is 8. The fraction of sp³-hybridized carbons (Fsp3) is 0.310. The van der Waals surface area contributed by atoms with E-state index in [0.717, 1.165) is 12.0 Å². The van der Waals surface area contributed by atoms with Crippen LogP contribution in [0.4, 0.5) is 10.5 Å². The molecule has 0 radical (unpaired) electrons. The molecule has 4 rings (SSSR count). The molecule has 5 nitrogen and oxygen atoms in total. The average molecular weight is 458 g/mol. The number of ether oxygens (including phenoxy) is 1. The minimum Gasteiger partial charge on any atom is -0.481 e. The van der Waals surface area contributed by atoms with Crippen LogP contribution >= 0.6 is 0 Å². The van der Waals surface area contributed by atoms with Crippen LogP contribution in [0.2, 0.25) is 0 Å². The van der Waals surface area contributed by atoms with Gasteiger partial charge in [0.05, 0.1) is 5.41 Å². The number of hydrogen-bond acceptors (Lipinski definition) is 3. The zero-order chi connectivity index (χ0) is 24.3. The highest BCUT2D eigenvalue weighted by molar-refractivity contribution is 5.85. The van der Waals surface area contributed by atoms with Gasteiger partial charge in [-0.1, -0.05) is 67.6 Å². The van der Waals surface area contributed by atoms with Crippen molar-refractivity contribution in [3.8, 4) is 11.1 Å². The van der Waals surface area contributed by atoms with Crippen LogP contribution in [0.25, 0.3) is 11.1 Å². The topological polar surface area (TPSA) is 75.6 Å².